The average molecular weight is 333 g/mol. The molecule has 118 valence electrons. The minimum atomic E-state index is -1.85. The van der Waals surface area contributed by atoms with Crippen molar-refractivity contribution in [1.82, 2.24) is 4.98 Å². The van der Waals surface area contributed by atoms with Crippen LogP contribution in [0.1, 0.15) is 20.8 Å². The van der Waals surface area contributed by atoms with Crippen LogP contribution < -0.4 is 4.74 Å². The quantitative estimate of drug-likeness (QED) is 0.258. The van der Waals surface area contributed by atoms with Crippen LogP contribution in [0, 0.1) is 10.1 Å². The Hall–Kier alpha value is -1.18. The van der Waals surface area contributed by atoms with Crippen LogP contribution in [0.5, 0.6) is 5.75 Å². The van der Waals surface area contributed by atoms with E-state index < -0.39 is 13.2 Å². The topological polar surface area (TPSA) is 74.5 Å². The highest BCUT2D eigenvalue weighted by molar-refractivity contribution is 6.74. The molecular weight excluding hydrogens is 312 g/mol. The lowest BCUT2D eigenvalue weighted by molar-refractivity contribution is -0.385. The maximum absolute atomic E-state index is 10.9. The zero-order valence-electron chi connectivity index (χ0n) is 13.0. The van der Waals surface area contributed by atoms with E-state index in [2.05, 4.69) is 38.8 Å². The van der Waals surface area contributed by atoms with Crippen molar-refractivity contribution in [2.75, 3.05) is 13.2 Å². The third-order valence-electron chi connectivity index (χ3n) is 3.64. The molecule has 1 aromatic heterocycles. The molecule has 0 unspecified atom stereocenters. The fourth-order valence-corrected chi connectivity index (χ4v) is 2.58. The van der Waals surface area contributed by atoms with Gasteiger partial charge in [0.05, 0.1) is 11.5 Å². The summed E-state index contributed by atoms with van der Waals surface area (Å²) in [6, 6.07) is 1.26. The highest BCUT2D eigenvalue weighted by atomic mass is 35.5. The summed E-state index contributed by atoms with van der Waals surface area (Å²) in [6.45, 7) is 11.2. The second kappa shape index (κ2) is 6.72. The van der Waals surface area contributed by atoms with Crippen LogP contribution in [0.2, 0.25) is 23.3 Å². The van der Waals surface area contributed by atoms with Crippen LogP contribution in [-0.4, -0.2) is 31.4 Å². The van der Waals surface area contributed by atoms with E-state index in [0.717, 1.165) is 0 Å². The van der Waals surface area contributed by atoms with Gasteiger partial charge in [0.25, 0.3) is 0 Å². The van der Waals surface area contributed by atoms with Crippen molar-refractivity contribution in [3.8, 4) is 5.75 Å². The Morgan fingerprint density at radius 1 is 1.38 bits per heavy atom. The molecular formula is C13H21ClN2O4Si. The van der Waals surface area contributed by atoms with E-state index in [-0.39, 0.29) is 28.2 Å². The maximum atomic E-state index is 10.9. The summed E-state index contributed by atoms with van der Waals surface area (Å²) in [4.78, 5) is 14.2. The molecule has 0 saturated carbocycles. The Bertz CT molecular complexity index is 517. The van der Waals surface area contributed by atoms with Gasteiger partial charge in [-0.05, 0) is 18.1 Å². The van der Waals surface area contributed by atoms with Crippen molar-refractivity contribution >= 4 is 25.6 Å². The molecule has 8 heteroatoms. The van der Waals surface area contributed by atoms with Crippen LogP contribution in [0.15, 0.2) is 12.3 Å². The number of hydrogen-bond acceptors (Lipinski definition) is 5. The van der Waals surface area contributed by atoms with E-state index in [9.17, 15) is 10.1 Å². The maximum Gasteiger partial charge on any atom is 0.315 e. The monoisotopic (exact) mass is 332 g/mol. The van der Waals surface area contributed by atoms with Gasteiger partial charge in [0.15, 0.2) is 13.5 Å². The summed E-state index contributed by atoms with van der Waals surface area (Å²) >= 11 is 5.84. The summed E-state index contributed by atoms with van der Waals surface area (Å²) in [5, 5.41) is 11.0. The van der Waals surface area contributed by atoms with E-state index >= 15 is 0 Å². The Morgan fingerprint density at radius 3 is 2.52 bits per heavy atom. The van der Waals surface area contributed by atoms with Gasteiger partial charge in [-0.3, -0.25) is 10.1 Å². The smallest absolute Gasteiger partial charge is 0.315 e. The van der Waals surface area contributed by atoms with Crippen LogP contribution in [0.4, 0.5) is 5.69 Å². The first kappa shape index (κ1) is 17.9. The van der Waals surface area contributed by atoms with Crippen LogP contribution in [-0.2, 0) is 4.43 Å². The number of rotatable bonds is 6. The molecule has 0 spiro atoms. The number of halogens is 1. The first-order valence-corrected chi connectivity index (χ1v) is 9.90. The van der Waals surface area contributed by atoms with E-state index in [1.807, 2.05) is 0 Å². The minimum absolute atomic E-state index is 0.0111. The molecule has 21 heavy (non-hydrogen) atoms. The molecule has 1 rings (SSSR count). The molecule has 0 fully saturated rings. The highest BCUT2D eigenvalue weighted by Gasteiger charge is 2.37. The lowest BCUT2D eigenvalue weighted by atomic mass is 10.2. The molecule has 0 aliphatic rings. The predicted molar refractivity (Wildman–Crippen MR) is 84.5 cm³/mol. The van der Waals surface area contributed by atoms with Gasteiger partial charge < -0.3 is 9.16 Å². The third kappa shape index (κ3) is 4.65. The predicted octanol–water partition coefficient (Wildman–Crippen LogP) is 4.04. The van der Waals surface area contributed by atoms with Crippen LogP contribution in [0.3, 0.4) is 0 Å². The molecule has 0 aliphatic carbocycles. The van der Waals surface area contributed by atoms with Gasteiger partial charge in [-0.15, -0.1) is 0 Å². The number of ether oxygens (including phenoxy) is 1. The zero-order valence-corrected chi connectivity index (χ0v) is 14.7. The van der Waals surface area contributed by atoms with E-state index in [0.29, 0.717) is 6.61 Å². The van der Waals surface area contributed by atoms with Crippen molar-refractivity contribution in [2.24, 2.45) is 0 Å². The minimum Gasteiger partial charge on any atom is -0.482 e. The number of pyridine rings is 1. The lowest BCUT2D eigenvalue weighted by Crippen LogP contribution is -2.41. The normalized spacial score (nSPS) is 12.3. The highest BCUT2D eigenvalue weighted by Crippen LogP contribution is 2.36. The molecule has 1 aromatic rings. The molecule has 0 saturated heterocycles. The van der Waals surface area contributed by atoms with E-state index in [4.69, 9.17) is 20.8 Å². The Morgan fingerprint density at radius 2 is 2.00 bits per heavy atom. The molecule has 0 N–H and O–H groups in total. The number of nitro groups is 1. The van der Waals surface area contributed by atoms with Crippen molar-refractivity contribution in [3.63, 3.8) is 0 Å². The second-order valence-electron chi connectivity index (χ2n) is 6.16. The number of nitrogens with zero attached hydrogens (tertiary/aromatic N) is 2. The van der Waals surface area contributed by atoms with Crippen molar-refractivity contribution in [1.29, 1.82) is 0 Å². The number of hydrogen-bond donors (Lipinski definition) is 0. The molecule has 1 heterocycles. The molecule has 0 bridgehead atoms. The first-order chi connectivity index (χ1) is 9.56. The largest absolute Gasteiger partial charge is 0.482 e. The van der Waals surface area contributed by atoms with Crippen molar-refractivity contribution in [3.05, 3.63) is 27.5 Å². The SMILES string of the molecule is CC(C)(C)[Si](C)(C)OCCOc1c([N+](=O)[O-])ccnc1Cl. The summed E-state index contributed by atoms with van der Waals surface area (Å²) < 4.78 is 11.3. The number of aromatic nitrogens is 1. The Labute approximate surface area is 130 Å². The molecule has 6 nitrogen and oxygen atoms in total. The average Bonchev–Trinajstić information content (AvgIpc) is 2.34. The van der Waals surface area contributed by atoms with Crippen molar-refractivity contribution < 1.29 is 14.1 Å². The summed E-state index contributed by atoms with van der Waals surface area (Å²) in [6.07, 6.45) is 1.28. The van der Waals surface area contributed by atoms with Crippen molar-refractivity contribution in [2.45, 2.75) is 38.9 Å². The second-order valence-corrected chi connectivity index (χ2v) is 11.3. The van der Waals surface area contributed by atoms with E-state index in [1.54, 1.807) is 0 Å². The fourth-order valence-electron chi connectivity index (χ4n) is 1.35. The van der Waals surface area contributed by atoms with Gasteiger partial charge in [-0.25, -0.2) is 4.98 Å². The molecule has 0 aromatic carbocycles. The summed E-state index contributed by atoms with van der Waals surface area (Å²) in [7, 11) is -1.85. The Kier molecular flexibility index (Phi) is 5.72. The molecule has 0 radical (unpaired) electrons. The summed E-state index contributed by atoms with van der Waals surface area (Å²) in [5.41, 5.74) is -0.192. The Balaban J connectivity index is 2.64. The van der Waals surface area contributed by atoms with Gasteiger partial charge in [-0.1, -0.05) is 32.4 Å². The van der Waals surface area contributed by atoms with Crippen LogP contribution >= 0.6 is 11.6 Å². The van der Waals surface area contributed by atoms with Gasteiger partial charge >= 0.3 is 5.69 Å². The van der Waals surface area contributed by atoms with Gasteiger partial charge in [0.1, 0.15) is 6.61 Å². The molecule has 0 atom stereocenters. The molecule has 0 aliphatic heterocycles. The zero-order chi connectivity index (χ0) is 16.3. The lowest BCUT2D eigenvalue weighted by Gasteiger charge is -2.36. The van der Waals surface area contributed by atoms with E-state index in [1.165, 1.54) is 12.3 Å². The molecule has 0 amide bonds. The standard InChI is InChI=1S/C13H21ClN2O4Si/c1-13(2,3)21(4,5)20-9-8-19-11-10(16(17)18)6-7-15-12(11)14/h6-7H,8-9H2,1-5H3. The van der Waals surface area contributed by atoms with Gasteiger partial charge in [0.2, 0.25) is 5.75 Å². The third-order valence-corrected chi connectivity index (χ3v) is 8.44. The van der Waals surface area contributed by atoms with Gasteiger partial charge in [0, 0.05) is 12.3 Å². The first-order valence-electron chi connectivity index (χ1n) is 6.62. The summed E-state index contributed by atoms with van der Waals surface area (Å²) in [5.74, 6) is -0.0111. The van der Waals surface area contributed by atoms with Gasteiger partial charge in [-0.2, -0.15) is 0 Å². The van der Waals surface area contributed by atoms with Crippen LogP contribution in [0.25, 0.3) is 0 Å². The fraction of sp³-hybridized carbons (Fsp3) is 0.615.